The van der Waals surface area contributed by atoms with Crippen LogP contribution in [0, 0.1) is 12.8 Å². The summed E-state index contributed by atoms with van der Waals surface area (Å²) in [6.07, 6.45) is -3.62. The van der Waals surface area contributed by atoms with Crippen LogP contribution in [-0.4, -0.2) is 81.2 Å². The van der Waals surface area contributed by atoms with Crippen LogP contribution in [0.5, 0.6) is 5.75 Å². The fraction of sp³-hybridized carbons (Fsp3) is 0.353. The first-order chi connectivity index (χ1) is 22.4. The topological polar surface area (TPSA) is 112 Å². The van der Waals surface area contributed by atoms with Crippen LogP contribution in [0.4, 0.5) is 18.9 Å². The third-order valence-electron chi connectivity index (χ3n) is 8.02. The minimum absolute atomic E-state index is 0.0315. The van der Waals surface area contributed by atoms with Crippen LogP contribution >= 0.6 is 0 Å². The van der Waals surface area contributed by atoms with E-state index < -0.39 is 17.8 Å². The molecular weight excluding hydrogens is 613 g/mol. The molecule has 0 unspecified atom stereocenters. The van der Waals surface area contributed by atoms with Crippen molar-refractivity contribution in [3.63, 3.8) is 0 Å². The summed E-state index contributed by atoms with van der Waals surface area (Å²) in [6, 6.07) is 13.4. The minimum Gasteiger partial charge on any atom is -0.497 e. The number of nitrogens with one attached hydrogen (secondary N) is 1. The maximum atomic E-state index is 14.3. The molecule has 1 aliphatic rings. The van der Waals surface area contributed by atoms with Gasteiger partial charge >= 0.3 is 6.18 Å². The second-order valence-corrected chi connectivity index (χ2v) is 11.2. The van der Waals surface area contributed by atoms with E-state index in [0.29, 0.717) is 34.6 Å². The average molecular weight is 653 g/mol. The molecule has 4 aromatic rings. The van der Waals surface area contributed by atoms with Gasteiger partial charge in [0.1, 0.15) is 11.3 Å². The molecule has 0 bridgehead atoms. The molecule has 2 N–H and O–H groups in total. The zero-order valence-electron chi connectivity index (χ0n) is 26.8. The van der Waals surface area contributed by atoms with Gasteiger partial charge in [-0.05, 0) is 48.9 Å². The van der Waals surface area contributed by atoms with Crippen molar-refractivity contribution in [2.75, 3.05) is 45.2 Å². The second kappa shape index (κ2) is 14.8. The van der Waals surface area contributed by atoms with E-state index >= 15 is 0 Å². The smallest absolute Gasteiger partial charge is 0.433 e. The van der Waals surface area contributed by atoms with Gasteiger partial charge in [0.2, 0.25) is 5.91 Å². The van der Waals surface area contributed by atoms with Gasteiger partial charge in [-0.3, -0.25) is 14.5 Å². The van der Waals surface area contributed by atoms with E-state index in [-0.39, 0.29) is 60.0 Å². The molecule has 1 fully saturated rings. The fourth-order valence-electron chi connectivity index (χ4n) is 5.54. The minimum atomic E-state index is -4.75. The molecule has 0 radical (unpaired) electrons. The molecule has 2 aromatic heterocycles. The van der Waals surface area contributed by atoms with Gasteiger partial charge in [-0.2, -0.15) is 18.3 Å². The number of rotatable bonds is 8. The molecule has 1 atom stereocenters. The van der Waals surface area contributed by atoms with E-state index in [2.05, 4.69) is 28.6 Å². The maximum absolute atomic E-state index is 14.3. The quantitative estimate of drug-likeness (QED) is 0.238. The third-order valence-corrected chi connectivity index (χ3v) is 8.02. The van der Waals surface area contributed by atoms with Crippen molar-refractivity contribution in [1.29, 1.82) is 0 Å². The molecule has 250 valence electrons. The summed E-state index contributed by atoms with van der Waals surface area (Å²) in [5, 5.41) is 17.1. The lowest BCUT2D eigenvalue weighted by Gasteiger charge is -2.38. The number of halogens is 3. The Morgan fingerprint density at radius 3 is 2.30 bits per heavy atom. The molecule has 0 saturated carbocycles. The summed E-state index contributed by atoms with van der Waals surface area (Å²) in [5.41, 5.74) is 0.648. The number of piperazine rings is 1. The highest BCUT2D eigenvalue weighted by atomic mass is 19.4. The summed E-state index contributed by atoms with van der Waals surface area (Å²) in [5.74, 6) is -0.235. The fourth-order valence-corrected chi connectivity index (χ4v) is 5.54. The van der Waals surface area contributed by atoms with Crippen LogP contribution in [0.15, 0.2) is 67.9 Å². The van der Waals surface area contributed by atoms with E-state index in [1.807, 2.05) is 23.1 Å². The number of ether oxygens (including phenoxy) is 1. The van der Waals surface area contributed by atoms with Gasteiger partial charge in [0, 0.05) is 48.9 Å². The van der Waals surface area contributed by atoms with Crippen molar-refractivity contribution in [2.45, 2.75) is 33.0 Å². The number of hydrogen-bond donors (Lipinski definition) is 2. The van der Waals surface area contributed by atoms with Crippen molar-refractivity contribution in [2.24, 2.45) is 5.92 Å². The number of aromatic nitrogens is 3. The molecule has 2 amide bonds. The molecule has 10 nitrogen and oxygen atoms in total. The first-order valence-corrected chi connectivity index (χ1v) is 15.1. The highest BCUT2D eigenvalue weighted by Crippen LogP contribution is 2.37. The number of methoxy groups -OCH3 is 1. The first kappa shape index (κ1) is 35.1. The predicted octanol–water partition coefficient (Wildman–Crippen LogP) is 5.62. The Morgan fingerprint density at radius 1 is 1.06 bits per heavy atom. The number of aliphatic hydroxyl groups is 1. The van der Waals surface area contributed by atoms with Gasteiger partial charge in [0.25, 0.3) is 5.91 Å². The van der Waals surface area contributed by atoms with Gasteiger partial charge in [-0.1, -0.05) is 26.0 Å². The number of carbonyl (C=O) groups excluding carboxylic acids is 2. The van der Waals surface area contributed by atoms with Gasteiger partial charge in [0.15, 0.2) is 11.3 Å². The number of amides is 2. The zero-order valence-corrected chi connectivity index (χ0v) is 26.8. The Kier molecular flexibility index (Phi) is 11.0. The van der Waals surface area contributed by atoms with Gasteiger partial charge < -0.3 is 20.1 Å². The number of nitrogens with zero attached hydrogens (tertiary/aromatic N) is 5. The van der Waals surface area contributed by atoms with E-state index in [0.717, 1.165) is 11.8 Å². The van der Waals surface area contributed by atoms with Crippen LogP contribution < -0.4 is 10.1 Å². The van der Waals surface area contributed by atoms with Crippen molar-refractivity contribution < 1.29 is 32.6 Å². The average Bonchev–Trinajstić information content (AvgIpc) is 3.48. The Labute approximate surface area is 271 Å². The molecule has 3 heterocycles. The second-order valence-electron chi connectivity index (χ2n) is 11.2. The van der Waals surface area contributed by atoms with E-state index in [9.17, 15) is 27.9 Å². The SMILES string of the molecule is C=C.COc1ccc(-c2nc3c(C(=O)N4CCN([C@H](CO)c5cccc(NC(=O)C(C)C)c5)CC4)cnn3c(C(F)(F)F)c2C)cc1. The van der Waals surface area contributed by atoms with Crippen molar-refractivity contribution >= 4 is 23.1 Å². The number of anilines is 1. The molecular formula is C34H39F3N6O4. The lowest BCUT2D eigenvalue weighted by Crippen LogP contribution is -2.50. The van der Waals surface area contributed by atoms with Gasteiger partial charge in [-0.15, -0.1) is 13.2 Å². The van der Waals surface area contributed by atoms with Crippen LogP contribution in [0.1, 0.15) is 47.1 Å². The molecule has 13 heteroatoms. The first-order valence-electron chi connectivity index (χ1n) is 15.1. The normalized spacial score (nSPS) is 14.4. The van der Waals surface area contributed by atoms with E-state index in [1.165, 1.54) is 14.0 Å². The zero-order chi connectivity index (χ0) is 34.5. The summed E-state index contributed by atoms with van der Waals surface area (Å²) >= 11 is 0. The summed E-state index contributed by atoms with van der Waals surface area (Å²) < 4.78 is 48.8. The van der Waals surface area contributed by atoms with Crippen LogP contribution in [0.25, 0.3) is 16.9 Å². The number of benzene rings is 2. The lowest BCUT2D eigenvalue weighted by molar-refractivity contribution is -0.143. The highest BCUT2D eigenvalue weighted by molar-refractivity contribution is 6.00. The van der Waals surface area contributed by atoms with Crippen molar-refractivity contribution in [3.8, 4) is 17.0 Å². The lowest BCUT2D eigenvalue weighted by atomic mass is 10.0. The highest BCUT2D eigenvalue weighted by Gasteiger charge is 2.39. The molecule has 0 aliphatic carbocycles. The monoisotopic (exact) mass is 652 g/mol. The molecule has 1 aliphatic heterocycles. The molecule has 1 saturated heterocycles. The standard InChI is InChI=1S/C32H35F3N6O4.C2H4/c1-19(2)30(43)37-23-7-5-6-22(16-23)26(18-42)39-12-14-40(15-13-39)31(44)25-17-36-41-28(32(33,34)35)20(3)27(38-29(25)41)21-8-10-24(45-4)11-9-21;1-2/h5-11,16-17,19,26,42H,12-15,18H2,1-4H3,(H,37,43);1-2H2/t26-;/m1./s1. The van der Waals surface area contributed by atoms with E-state index in [1.54, 1.807) is 49.1 Å². The summed E-state index contributed by atoms with van der Waals surface area (Å²) in [6.45, 7) is 12.1. The predicted molar refractivity (Wildman–Crippen MR) is 173 cm³/mol. The Bertz CT molecular complexity index is 1710. The van der Waals surface area contributed by atoms with Crippen LogP contribution in [0.2, 0.25) is 0 Å². The third kappa shape index (κ3) is 7.47. The number of carbonyl (C=O) groups is 2. The summed E-state index contributed by atoms with van der Waals surface area (Å²) in [7, 11) is 1.49. The Balaban J connectivity index is 0.00000245. The number of alkyl halides is 3. The number of aliphatic hydroxyl groups excluding tert-OH is 1. The Hall–Kier alpha value is -4.75. The molecule has 0 spiro atoms. The number of hydrogen-bond acceptors (Lipinski definition) is 7. The van der Waals surface area contributed by atoms with Crippen molar-refractivity contribution in [3.05, 3.63) is 90.3 Å². The van der Waals surface area contributed by atoms with Crippen LogP contribution in [-0.2, 0) is 11.0 Å². The number of fused-ring (bicyclic) bond motifs is 1. The Morgan fingerprint density at radius 2 is 1.72 bits per heavy atom. The maximum Gasteiger partial charge on any atom is 0.433 e. The molecule has 47 heavy (non-hydrogen) atoms. The van der Waals surface area contributed by atoms with Gasteiger partial charge in [-0.25, -0.2) is 9.50 Å². The van der Waals surface area contributed by atoms with Gasteiger partial charge in [0.05, 0.1) is 31.6 Å². The van der Waals surface area contributed by atoms with Crippen LogP contribution in [0.3, 0.4) is 0 Å². The van der Waals surface area contributed by atoms with E-state index in [4.69, 9.17) is 4.74 Å². The molecule has 5 rings (SSSR count). The molecule has 2 aromatic carbocycles. The summed E-state index contributed by atoms with van der Waals surface area (Å²) in [4.78, 5) is 34.0. The largest absolute Gasteiger partial charge is 0.497 e. The van der Waals surface area contributed by atoms with Crippen molar-refractivity contribution in [1.82, 2.24) is 24.4 Å².